The van der Waals surface area contributed by atoms with Crippen molar-refractivity contribution >= 4 is 22.6 Å². The van der Waals surface area contributed by atoms with Gasteiger partial charge in [0.1, 0.15) is 5.82 Å². The quantitative estimate of drug-likeness (QED) is 0.687. The van der Waals surface area contributed by atoms with Gasteiger partial charge in [-0.2, -0.15) is 5.26 Å². The molecular weight excluding hydrogens is 262 g/mol. The molecule has 2 heterocycles. The van der Waals surface area contributed by atoms with Gasteiger partial charge < -0.3 is 8.98 Å². The predicted octanol–water partition coefficient (Wildman–Crippen LogP) is 3.29. The number of rotatable bonds is 3. The number of fused-ring (bicyclic) bond motifs is 1. The molecule has 0 spiro atoms. The Morgan fingerprint density at radius 3 is 2.95 bits per heavy atom. The summed E-state index contributed by atoms with van der Waals surface area (Å²) in [6.07, 6.45) is 3.33. The van der Waals surface area contributed by atoms with Gasteiger partial charge >= 0.3 is 0 Å². The predicted molar refractivity (Wildman–Crippen MR) is 71.8 cm³/mol. The number of alkyl halides is 1. The lowest BCUT2D eigenvalue weighted by Crippen LogP contribution is -2.03. The molecule has 0 radical (unpaired) electrons. The van der Waals surface area contributed by atoms with Gasteiger partial charge in [-0.3, -0.25) is 0 Å². The van der Waals surface area contributed by atoms with Crippen LogP contribution in [-0.4, -0.2) is 9.55 Å². The molecule has 0 amide bonds. The van der Waals surface area contributed by atoms with Crippen LogP contribution >= 0.6 is 11.6 Å². The number of benzene rings is 1. The van der Waals surface area contributed by atoms with Crippen molar-refractivity contribution in [3.8, 4) is 6.07 Å². The van der Waals surface area contributed by atoms with Gasteiger partial charge in [-0.15, -0.1) is 11.6 Å². The Labute approximate surface area is 114 Å². The first-order valence-corrected chi connectivity index (χ1v) is 6.31. The molecule has 3 rings (SSSR count). The van der Waals surface area contributed by atoms with Crippen LogP contribution in [0.5, 0.6) is 0 Å². The summed E-state index contributed by atoms with van der Waals surface area (Å²) >= 11 is 5.95. The fourth-order valence-corrected chi connectivity index (χ4v) is 2.29. The van der Waals surface area contributed by atoms with Crippen LogP contribution in [0.15, 0.2) is 41.2 Å². The Balaban J connectivity index is 2.16. The molecule has 0 bridgehead atoms. The van der Waals surface area contributed by atoms with Crippen molar-refractivity contribution in [2.75, 3.05) is 0 Å². The highest BCUT2D eigenvalue weighted by Gasteiger charge is 2.11. The summed E-state index contributed by atoms with van der Waals surface area (Å²) in [7, 11) is 0. The van der Waals surface area contributed by atoms with Gasteiger partial charge in [0, 0.05) is 5.56 Å². The number of halogens is 1. The van der Waals surface area contributed by atoms with E-state index in [1.807, 2.05) is 22.8 Å². The van der Waals surface area contributed by atoms with E-state index in [-0.39, 0.29) is 0 Å². The Bertz CT molecular complexity index is 753. The second kappa shape index (κ2) is 4.79. The number of imidazole rings is 1. The van der Waals surface area contributed by atoms with Crippen LogP contribution in [0, 0.1) is 11.3 Å². The molecule has 2 aromatic heterocycles. The first-order valence-electron chi connectivity index (χ1n) is 5.78. The maximum Gasteiger partial charge on any atom is 0.125 e. The monoisotopic (exact) mass is 271 g/mol. The maximum atomic E-state index is 8.99. The Morgan fingerprint density at radius 2 is 2.26 bits per heavy atom. The topological polar surface area (TPSA) is 54.8 Å². The maximum absolute atomic E-state index is 8.99. The van der Waals surface area contributed by atoms with Crippen molar-refractivity contribution in [1.29, 1.82) is 5.26 Å². The van der Waals surface area contributed by atoms with Crippen LogP contribution in [0.1, 0.15) is 17.0 Å². The highest BCUT2D eigenvalue weighted by molar-refractivity contribution is 6.16. The van der Waals surface area contributed by atoms with E-state index >= 15 is 0 Å². The minimum absolute atomic E-state index is 0.328. The Kier molecular flexibility index (Phi) is 2.98. The van der Waals surface area contributed by atoms with Crippen LogP contribution in [0.4, 0.5) is 0 Å². The first-order chi connectivity index (χ1) is 9.31. The molecule has 0 fully saturated rings. The van der Waals surface area contributed by atoms with E-state index in [1.165, 1.54) is 0 Å². The van der Waals surface area contributed by atoms with Gasteiger partial charge in [-0.05, 0) is 24.3 Å². The number of nitriles is 1. The van der Waals surface area contributed by atoms with Crippen LogP contribution in [0.2, 0.25) is 0 Å². The van der Waals surface area contributed by atoms with Gasteiger partial charge in [0.05, 0.1) is 47.6 Å². The lowest BCUT2D eigenvalue weighted by atomic mass is 10.2. The lowest BCUT2D eigenvalue weighted by Gasteiger charge is -2.05. The fourth-order valence-electron chi connectivity index (χ4n) is 2.09. The highest BCUT2D eigenvalue weighted by Crippen LogP contribution is 2.20. The second-order valence-electron chi connectivity index (χ2n) is 4.19. The highest BCUT2D eigenvalue weighted by atomic mass is 35.5. The number of nitrogens with zero attached hydrogens (tertiary/aromatic N) is 3. The smallest absolute Gasteiger partial charge is 0.125 e. The third kappa shape index (κ3) is 2.09. The average Bonchev–Trinajstić information content (AvgIpc) is 3.07. The fraction of sp³-hybridized carbons (Fsp3) is 0.143. The van der Waals surface area contributed by atoms with E-state index in [2.05, 4.69) is 11.1 Å². The zero-order valence-electron chi connectivity index (χ0n) is 10.0. The third-order valence-corrected chi connectivity index (χ3v) is 3.24. The summed E-state index contributed by atoms with van der Waals surface area (Å²) in [6, 6.07) is 9.47. The molecule has 4 nitrogen and oxygen atoms in total. The van der Waals surface area contributed by atoms with E-state index in [1.54, 1.807) is 18.6 Å². The summed E-state index contributed by atoms with van der Waals surface area (Å²) in [5.74, 6) is 1.11. The summed E-state index contributed by atoms with van der Waals surface area (Å²) in [5, 5.41) is 8.99. The molecule has 0 aliphatic rings. The number of hydrogen-bond acceptors (Lipinski definition) is 3. The summed E-state index contributed by atoms with van der Waals surface area (Å²) in [5.41, 5.74) is 3.41. The van der Waals surface area contributed by atoms with Crippen molar-refractivity contribution in [2.24, 2.45) is 0 Å². The largest absolute Gasteiger partial charge is 0.472 e. The number of furan rings is 1. The molecule has 5 heteroatoms. The SMILES string of the molecule is N#Cc1ccc2nc(CCl)n(Cc3ccoc3)c2c1. The number of hydrogen-bond donors (Lipinski definition) is 0. The summed E-state index contributed by atoms with van der Waals surface area (Å²) < 4.78 is 7.08. The van der Waals surface area contributed by atoms with Gasteiger partial charge in [0.25, 0.3) is 0 Å². The number of aromatic nitrogens is 2. The Morgan fingerprint density at radius 1 is 1.37 bits per heavy atom. The van der Waals surface area contributed by atoms with Gasteiger partial charge in [0.15, 0.2) is 0 Å². The van der Waals surface area contributed by atoms with Crippen LogP contribution < -0.4 is 0 Å². The van der Waals surface area contributed by atoms with E-state index in [4.69, 9.17) is 21.3 Å². The molecule has 0 N–H and O–H groups in total. The molecule has 19 heavy (non-hydrogen) atoms. The zero-order chi connectivity index (χ0) is 13.2. The lowest BCUT2D eigenvalue weighted by molar-refractivity contribution is 0.562. The normalized spacial score (nSPS) is 10.7. The van der Waals surface area contributed by atoms with Crippen LogP contribution in [-0.2, 0) is 12.4 Å². The molecule has 0 atom stereocenters. The molecule has 0 aliphatic heterocycles. The van der Waals surface area contributed by atoms with E-state index < -0.39 is 0 Å². The standard InChI is InChI=1S/C14H10ClN3O/c15-6-14-17-12-2-1-10(7-16)5-13(12)18(14)8-11-3-4-19-9-11/h1-5,9H,6,8H2. The van der Waals surface area contributed by atoms with E-state index in [9.17, 15) is 0 Å². The van der Waals surface area contributed by atoms with Gasteiger partial charge in [-0.25, -0.2) is 4.98 Å². The molecule has 0 unspecified atom stereocenters. The summed E-state index contributed by atoms with van der Waals surface area (Å²) in [4.78, 5) is 4.48. The average molecular weight is 272 g/mol. The zero-order valence-corrected chi connectivity index (χ0v) is 10.8. The van der Waals surface area contributed by atoms with Crippen LogP contribution in [0.25, 0.3) is 11.0 Å². The van der Waals surface area contributed by atoms with Crippen molar-refractivity contribution in [3.63, 3.8) is 0 Å². The Hall–Kier alpha value is -2.25. The molecule has 3 aromatic rings. The van der Waals surface area contributed by atoms with Gasteiger partial charge in [-0.1, -0.05) is 0 Å². The summed E-state index contributed by atoms with van der Waals surface area (Å²) in [6.45, 7) is 0.629. The van der Waals surface area contributed by atoms with Gasteiger partial charge in [0.2, 0.25) is 0 Å². The first kappa shape index (κ1) is 11.8. The third-order valence-electron chi connectivity index (χ3n) is 3.00. The van der Waals surface area contributed by atoms with E-state index in [0.29, 0.717) is 18.0 Å². The minimum atomic E-state index is 0.328. The van der Waals surface area contributed by atoms with Crippen molar-refractivity contribution in [3.05, 3.63) is 53.7 Å². The molecule has 0 saturated carbocycles. The van der Waals surface area contributed by atoms with Crippen molar-refractivity contribution in [2.45, 2.75) is 12.4 Å². The molecule has 1 aromatic carbocycles. The molecule has 94 valence electrons. The van der Waals surface area contributed by atoms with Crippen molar-refractivity contribution in [1.82, 2.24) is 9.55 Å². The minimum Gasteiger partial charge on any atom is -0.472 e. The molecule has 0 saturated heterocycles. The van der Waals surface area contributed by atoms with E-state index in [0.717, 1.165) is 22.4 Å². The second-order valence-corrected chi connectivity index (χ2v) is 4.46. The van der Waals surface area contributed by atoms with Crippen molar-refractivity contribution < 1.29 is 4.42 Å². The van der Waals surface area contributed by atoms with Crippen LogP contribution in [0.3, 0.4) is 0 Å². The molecule has 0 aliphatic carbocycles. The molecular formula is C14H10ClN3O.